The van der Waals surface area contributed by atoms with Crippen LogP contribution in [-0.2, 0) is 4.74 Å². The smallest absolute Gasteiger partial charge is 0.112 e. The Morgan fingerprint density at radius 1 is 1.36 bits per heavy atom. The van der Waals surface area contributed by atoms with Crippen molar-refractivity contribution < 1.29 is 14.9 Å². The molecule has 0 radical (unpaired) electrons. The second-order valence-corrected chi connectivity index (χ2v) is 3.13. The molecule has 1 aliphatic rings. The molecule has 1 fully saturated rings. The first kappa shape index (κ1) is 9.19. The van der Waals surface area contributed by atoms with E-state index in [9.17, 15) is 10.2 Å². The van der Waals surface area contributed by atoms with E-state index >= 15 is 0 Å². The molecule has 1 rings (SSSR count). The zero-order chi connectivity index (χ0) is 8.43. The first-order valence-electron chi connectivity index (χ1n) is 3.45. The van der Waals surface area contributed by atoms with E-state index in [-0.39, 0.29) is 12.2 Å². The van der Waals surface area contributed by atoms with E-state index in [1.54, 1.807) is 18.0 Å². The van der Waals surface area contributed by atoms with Gasteiger partial charge in [-0.15, -0.1) is 0 Å². The van der Waals surface area contributed by atoms with Crippen LogP contribution in [0.4, 0.5) is 0 Å². The fraction of sp³-hybridized carbons (Fsp3) is 0.714. The van der Waals surface area contributed by atoms with Crippen LogP contribution in [0.5, 0.6) is 0 Å². The lowest BCUT2D eigenvalue weighted by molar-refractivity contribution is 0.0316. The van der Waals surface area contributed by atoms with Gasteiger partial charge in [0.1, 0.15) is 18.3 Å². The van der Waals surface area contributed by atoms with Crippen molar-refractivity contribution in [2.45, 2.75) is 31.3 Å². The van der Waals surface area contributed by atoms with Crippen LogP contribution < -0.4 is 0 Å². The maximum Gasteiger partial charge on any atom is 0.112 e. The van der Waals surface area contributed by atoms with Crippen LogP contribution in [-0.4, -0.2) is 34.6 Å². The summed E-state index contributed by atoms with van der Waals surface area (Å²) >= 11 is 3.07. The summed E-state index contributed by atoms with van der Waals surface area (Å²) in [4.78, 5) is 1.62. The van der Waals surface area contributed by atoms with Crippen LogP contribution in [0.2, 0.25) is 0 Å². The third-order valence-electron chi connectivity index (χ3n) is 1.80. The van der Waals surface area contributed by atoms with E-state index in [0.717, 1.165) is 0 Å². The van der Waals surface area contributed by atoms with Crippen molar-refractivity contribution >= 4 is 15.9 Å². The van der Waals surface area contributed by atoms with Crippen molar-refractivity contribution in [2.75, 3.05) is 0 Å². The summed E-state index contributed by atoms with van der Waals surface area (Å²) < 4.78 is 5.21. The van der Waals surface area contributed by atoms with Gasteiger partial charge in [-0.1, -0.05) is 15.9 Å². The first-order valence-corrected chi connectivity index (χ1v) is 4.37. The standard InChI is InChI=1S/C7H11BrO3/c1-4-6(9)7(10)5(11-4)2-3-8/h2-7,9-10H,1H3/t4-,5+,6?,7-/m0/s1. The Bertz CT molecular complexity index is 160. The molecular formula is C7H11BrO3. The van der Waals surface area contributed by atoms with E-state index in [0.29, 0.717) is 0 Å². The molecule has 0 amide bonds. The Balaban J connectivity index is 2.59. The van der Waals surface area contributed by atoms with Gasteiger partial charge in [-0.2, -0.15) is 0 Å². The lowest BCUT2D eigenvalue weighted by Gasteiger charge is -2.09. The fourth-order valence-electron chi connectivity index (χ4n) is 1.11. The molecule has 0 saturated carbocycles. The molecule has 1 unspecified atom stereocenters. The summed E-state index contributed by atoms with van der Waals surface area (Å²) in [5, 5.41) is 18.6. The van der Waals surface area contributed by atoms with E-state index in [1.165, 1.54) is 0 Å². The quantitative estimate of drug-likeness (QED) is 0.676. The van der Waals surface area contributed by atoms with Crippen LogP contribution in [0.25, 0.3) is 0 Å². The van der Waals surface area contributed by atoms with Crippen LogP contribution in [0, 0.1) is 0 Å². The van der Waals surface area contributed by atoms with Gasteiger partial charge in [0.05, 0.1) is 6.10 Å². The molecule has 1 aliphatic heterocycles. The molecule has 2 N–H and O–H groups in total. The van der Waals surface area contributed by atoms with E-state index in [2.05, 4.69) is 15.9 Å². The van der Waals surface area contributed by atoms with Gasteiger partial charge in [0.2, 0.25) is 0 Å². The van der Waals surface area contributed by atoms with Gasteiger partial charge in [0.25, 0.3) is 0 Å². The molecule has 4 atom stereocenters. The van der Waals surface area contributed by atoms with E-state index in [4.69, 9.17) is 4.74 Å². The predicted molar refractivity (Wildman–Crippen MR) is 44.4 cm³/mol. The minimum Gasteiger partial charge on any atom is -0.388 e. The first-order chi connectivity index (χ1) is 5.16. The van der Waals surface area contributed by atoms with Gasteiger partial charge in [0, 0.05) is 0 Å². The van der Waals surface area contributed by atoms with Crippen LogP contribution >= 0.6 is 15.9 Å². The Morgan fingerprint density at radius 2 is 2.00 bits per heavy atom. The average molecular weight is 223 g/mol. The normalized spacial score (nSPS) is 45.5. The minimum atomic E-state index is -0.807. The number of hydrogen-bond donors (Lipinski definition) is 2. The molecule has 0 bridgehead atoms. The highest BCUT2D eigenvalue weighted by Crippen LogP contribution is 2.21. The lowest BCUT2D eigenvalue weighted by atomic mass is 10.1. The third-order valence-corrected chi connectivity index (χ3v) is 2.11. The van der Waals surface area contributed by atoms with Gasteiger partial charge in [-0.3, -0.25) is 0 Å². The maximum atomic E-state index is 9.31. The van der Waals surface area contributed by atoms with Crippen molar-refractivity contribution in [1.29, 1.82) is 0 Å². The van der Waals surface area contributed by atoms with Crippen molar-refractivity contribution in [3.05, 3.63) is 11.1 Å². The van der Waals surface area contributed by atoms with Crippen molar-refractivity contribution in [3.8, 4) is 0 Å². The van der Waals surface area contributed by atoms with Gasteiger partial charge >= 0.3 is 0 Å². The minimum absolute atomic E-state index is 0.293. The Morgan fingerprint density at radius 3 is 2.36 bits per heavy atom. The molecule has 64 valence electrons. The summed E-state index contributed by atoms with van der Waals surface area (Å²) in [7, 11) is 0. The molecule has 0 aromatic rings. The highest BCUT2D eigenvalue weighted by atomic mass is 79.9. The van der Waals surface area contributed by atoms with E-state index in [1.807, 2.05) is 0 Å². The molecule has 0 spiro atoms. The fourth-order valence-corrected chi connectivity index (χ4v) is 1.41. The van der Waals surface area contributed by atoms with Crippen LogP contribution in [0.1, 0.15) is 6.92 Å². The van der Waals surface area contributed by atoms with Gasteiger partial charge < -0.3 is 14.9 Å². The van der Waals surface area contributed by atoms with Crippen molar-refractivity contribution in [3.63, 3.8) is 0 Å². The molecule has 1 heterocycles. The Hall–Kier alpha value is 0.1000. The number of ether oxygens (including phenoxy) is 1. The highest BCUT2D eigenvalue weighted by Gasteiger charge is 2.38. The molecule has 4 heteroatoms. The Labute approximate surface area is 73.8 Å². The summed E-state index contributed by atoms with van der Waals surface area (Å²) in [6, 6.07) is 0. The maximum absolute atomic E-state index is 9.31. The zero-order valence-corrected chi connectivity index (χ0v) is 7.73. The monoisotopic (exact) mass is 222 g/mol. The Kier molecular flexibility index (Phi) is 3.06. The summed E-state index contributed by atoms with van der Waals surface area (Å²) in [5.41, 5.74) is 0. The topological polar surface area (TPSA) is 49.7 Å². The molecular weight excluding hydrogens is 212 g/mol. The summed E-state index contributed by atoms with van der Waals surface area (Å²) in [6.45, 7) is 1.73. The number of hydrogen-bond acceptors (Lipinski definition) is 3. The number of halogens is 1. The van der Waals surface area contributed by atoms with Crippen molar-refractivity contribution in [2.24, 2.45) is 0 Å². The third kappa shape index (κ3) is 1.82. The van der Waals surface area contributed by atoms with E-state index < -0.39 is 12.2 Å². The molecule has 3 nitrogen and oxygen atoms in total. The van der Waals surface area contributed by atoms with Crippen LogP contribution in [0.3, 0.4) is 0 Å². The summed E-state index contributed by atoms with van der Waals surface area (Å²) in [5.74, 6) is 0. The SMILES string of the molecule is C[C@@H]1O[C@H](C=CBr)[C@H](O)C1O. The number of aliphatic hydroxyl groups excluding tert-OH is 2. The number of rotatable bonds is 1. The van der Waals surface area contributed by atoms with Crippen molar-refractivity contribution in [1.82, 2.24) is 0 Å². The van der Waals surface area contributed by atoms with Gasteiger partial charge in [0.15, 0.2) is 0 Å². The average Bonchev–Trinajstić information content (AvgIpc) is 2.19. The number of aliphatic hydroxyl groups is 2. The second kappa shape index (κ2) is 3.67. The van der Waals surface area contributed by atoms with Gasteiger partial charge in [-0.05, 0) is 18.0 Å². The summed E-state index contributed by atoms with van der Waals surface area (Å²) in [6.07, 6.45) is -0.599. The molecule has 11 heavy (non-hydrogen) atoms. The lowest BCUT2D eigenvalue weighted by Crippen LogP contribution is -2.30. The zero-order valence-electron chi connectivity index (χ0n) is 6.14. The molecule has 0 aromatic heterocycles. The largest absolute Gasteiger partial charge is 0.388 e. The molecule has 1 saturated heterocycles. The van der Waals surface area contributed by atoms with Gasteiger partial charge in [-0.25, -0.2) is 0 Å². The predicted octanol–water partition coefficient (Wildman–Crippen LogP) is 0.404. The second-order valence-electron chi connectivity index (χ2n) is 2.61. The molecule has 0 aromatic carbocycles. The highest BCUT2D eigenvalue weighted by molar-refractivity contribution is 9.11. The van der Waals surface area contributed by atoms with Crippen LogP contribution in [0.15, 0.2) is 11.1 Å². The molecule has 0 aliphatic carbocycles.